The van der Waals surface area contributed by atoms with Crippen LogP contribution in [0.1, 0.15) is 33.6 Å². The molecule has 21 heavy (non-hydrogen) atoms. The van der Waals surface area contributed by atoms with E-state index in [4.69, 9.17) is 4.74 Å². The summed E-state index contributed by atoms with van der Waals surface area (Å²) in [5, 5.41) is 6.16. The Bertz CT molecular complexity index is 425. The SMILES string of the molecule is CC1CC(NC(=O)CNS(=O)(=O)CCOC(C)C)CCN1. The van der Waals surface area contributed by atoms with Crippen molar-refractivity contribution in [1.82, 2.24) is 15.4 Å². The monoisotopic (exact) mass is 321 g/mol. The maximum absolute atomic E-state index is 11.8. The largest absolute Gasteiger partial charge is 0.378 e. The summed E-state index contributed by atoms with van der Waals surface area (Å²) >= 11 is 0. The van der Waals surface area contributed by atoms with Gasteiger partial charge in [-0.05, 0) is 40.2 Å². The molecule has 3 N–H and O–H groups in total. The van der Waals surface area contributed by atoms with Crippen LogP contribution in [-0.4, -0.2) is 58.0 Å². The summed E-state index contributed by atoms with van der Waals surface area (Å²) in [6.45, 7) is 6.52. The Labute approximate surface area is 127 Å². The summed E-state index contributed by atoms with van der Waals surface area (Å²) < 4.78 is 30.8. The van der Waals surface area contributed by atoms with Crippen LogP contribution in [0, 0.1) is 0 Å². The smallest absolute Gasteiger partial charge is 0.235 e. The molecule has 8 heteroatoms. The summed E-state index contributed by atoms with van der Waals surface area (Å²) in [6.07, 6.45) is 1.72. The van der Waals surface area contributed by atoms with Gasteiger partial charge in [-0.25, -0.2) is 13.1 Å². The molecule has 2 atom stereocenters. The molecule has 0 aromatic rings. The van der Waals surface area contributed by atoms with Crippen molar-refractivity contribution in [3.05, 3.63) is 0 Å². The highest BCUT2D eigenvalue weighted by Gasteiger charge is 2.20. The standard InChI is InChI=1S/C13H27N3O4S/c1-10(2)20-6-7-21(18,19)15-9-13(17)16-12-4-5-14-11(3)8-12/h10-12,14-15H,4-9H2,1-3H3,(H,16,17). The van der Waals surface area contributed by atoms with E-state index < -0.39 is 10.0 Å². The summed E-state index contributed by atoms with van der Waals surface area (Å²) in [7, 11) is -3.47. The zero-order chi connectivity index (χ0) is 15.9. The fourth-order valence-corrected chi connectivity index (χ4v) is 2.99. The van der Waals surface area contributed by atoms with E-state index in [-0.39, 0.29) is 37.0 Å². The number of piperidine rings is 1. The third kappa shape index (κ3) is 8.35. The normalized spacial score (nSPS) is 23.2. The Hall–Kier alpha value is -0.700. The molecule has 124 valence electrons. The van der Waals surface area contributed by atoms with Crippen molar-refractivity contribution >= 4 is 15.9 Å². The molecule has 0 bridgehead atoms. The van der Waals surface area contributed by atoms with E-state index in [0.29, 0.717) is 6.04 Å². The maximum Gasteiger partial charge on any atom is 0.235 e. The van der Waals surface area contributed by atoms with E-state index in [9.17, 15) is 13.2 Å². The number of sulfonamides is 1. The van der Waals surface area contributed by atoms with Crippen LogP contribution in [0.4, 0.5) is 0 Å². The lowest BCUT2D eigenvalue weighted by Gasteiger charge is -2.28. The van der Waals surface area contributed by atoms with Gasteiger partial charge in [-0.15, -0.1) is 0 Å². The number of carbonyl (C=O) groups excluding carboxylic acids is 1. The molecule has 0 saturated carbocycles. The molecule has 0 aliphatic carbocycles. The van der Waals surface area contributed by atoms with Gasteiger partial charge in [-0.1, -0.05) is 0 Å². The number of ether oxygens (including phenoxy) is 1. The minimum Gasteiger partial charge on any atom is -0.378 e. The molecule has 1 amide bonds. The van der Waals surface area contributed by atoms with E-state index in [1.54, 1.807) is 0 Å². The highest BCUT2D eigenvalue weighted by Crippen LogP contribution is 2.07. The number of rotatable bonds is 8. The van der Waals surface area contributed by atoms with Gasteiger partial charge in [-0.2, -0.15) is 0 Å². The molecule has 1 saturated heterocycles. The van der Waals surface area contributed by atoms with Crippen molar-refractivity contribution in [2.24, 2.45) is 0 Å². The lowest BCUT2D eigenvalue weighted by atomic mass is 10.0. The Kier molecular flexibility index (Phi) is 7.58. The average Bonchev–Trinajstić information content (AvgIpc) is 2.36. The van der Waals surface area contributed by atoms with E-state index in [1.165, 1.54) is 0 Å². The Morgan fingerprint density at radius 2 is 2.14 bits per heavy atom. The first kappa shape index (κ1) is 18.3. The first-order chi connectivity index (χ1) is 9.78. The Morgan fingerprint density at radius 1 is 1.43 bits per heavy atom. The molecule has 1 aliphatic rings. The summed E-state index contributed by atoms with van der Waals surface area (Å²) in [5.41, 5.74) is 0. The molecule has 1 heterocycles. The van der Waals surface area contributed by atoms with Crippen LogP contribution in [-0.2, 0) is 19.6 Å². The Balaban J connectivity index is 2.25. The van der Waals surface area contributed by atoms with Gasteiger partial charge in [0, 0.05) is 12.1 Å². The first-order valence-corrected chi connectivity index (χ1v) is 9.05. The fraction of sp³-hybridized carbons (Fsp3) is 0.923. The zero-order valence-electron chi connectivity index (χ0n) is 13.0. The average molecular weight is 321 g/mol. The van der Waals surface area contributed by atoms with Gasteiger partial charge in [0.25, 0.3) is 0 Å². The molecule has 0 spiro atoms. The van der Waals surface area contributed by atoms with Gasteiger partial charge < -0.3 is 15.4 Å². The highest BCUT2D eigenvalue weighted by molar-refractivity contribution is 7.89. The van der Waals surface area contributed by atoms with Crippen molar-refractivity contribution in [2.75, 3.05) is 25.4 Å². The predicted molar refractivity (Wildman–Crippen MR) is 81.5 cm³/mol. The van der Waals surface area contributed by atoms with Crippen molar-refractivity contribution in [3.63, 3.8) is 0 Å². The second-order valence-electron chi connectivity index (χ2n) is 5.70. The summed E-state index contributed by atoms with van der Waals surface area (Å²) in [6, 6.07) is 0.483. The van der Waals surface area contributed by atoms with Gasteiger partial charge in [-0.3, -0.25) is 4.79 Å². The lowest BCUT2D eigenvalue weighted by Crippen LogP contribution is -2.49. The molecule has 1 fully saturated rings. The summed E-state index contributed by atoms with van der Waals surface area (Å²) in [4.78, 5) is 11.8. The molecule has 0 radical (unpaired) electrons. The van der Waals surface area contributed by atoms with Gasteiger partial charge in [0.15, 0.2) is 0 Å². The maximum atomic E-state index is 11.8. The quantitative estimate of drug-likeness (QED) is 0.565. The first-order valence-electron chi connectivity index (χ1n) is 7.40. The van der Waals surface area contributed by atoms with Crippen LogP contribution in [0.15, 0.2) is 0 Å². The zero-order valence-corrected chi connectivity index (χ0v) is 13.8. The number of amides is 1. The van der Waals surface area contributed by atoms with Crippen LogP contribution in [0.2, 0.25) is 0 Å². The highest BCUT2D eigenvalue weighted by atomic mass is 32.2. The van der Waals surface area contributed by atoms with Crippen LogP contribution in [0.25, 0.3) is 0 Å². The number of hydrogen-bond acceptors (Lipinski definition) is 5. The van der Waals surface area contributed by atoms with E-state index in [0.717, 1.165) is 19.4 Å². The second-order valence-corrected chi connectivity index (χ2v) is 7.63. The van der Waals surface area contributed by atoms with Crippen molar-refractivity contribution in [1.29, 1.82) is 0 Å². The minimum absolute atomic E-state index is 0.00889. The Morgan fingerprint density at radius 3 is 2.76 bits per heavy atom. The third-order valence-corrected chi connectivity index (χ3v) is 4.53. The van der Waals surface area contributed by atoms with Gasteiger partial charge in [0.2, 0.25) is 15.9 Å². The minimum atomic E-state index is -3.47. The van der Waals surface area contributed by atoms with Gasteiger partial charge in [0.1, 0.15) is 0 Å². The molecule has 0 aromatic heterocycles. The van der Waals surface area contributed by atoms with Gasteiger partial charge in [0.05, 0.1) is 25.0 Å². The van der Waals surface area contributed by atoms with Crippen LogP contribution in [0.3, 0.4) is 0 Å². The number of carbonyl (C=O) groups is 1. The topological polar surface area (TPSA) is 96.5 Å². The molecular weight excluding hydrogens is 294 g/mol. The van der Waals surface area contributed by atoms with Crippen LogP contribution in [0.5, 0.6) is 0 Å². The molecule has 7 nitrogen and oxygen atoms in total. The van der Waals surface area contributed by atoms with Crippen molar-refractivity contribution in [3.8, 4) is 0 Å². The molecule has 1 rings (SSSR count). The third-order valence-electron chi connectivity index (χ3n) is 3.24. The molecule has 1 aliphatic heterocycles. The van der Waals surface area contributed by atoms with Crippen LogP contribution < -0.4 is 15.4 Å². The van der Waals surface area contributed by atoms with E-state index >= 15 is 0 Å². The van der Waals surface area contributed by atoms with E-state index in [1.807, 2.05) is 13.8 Å². The van der Waals surface area contributed by atoms with Gasteiger partial charge >= 0.3 is 0 Å². The number of nitrogens with one attached hydrogen (secondary N) is 3. The second kappa shape index (κ2) is 8.67. The van der Waals surface area contributed by atoms with Crippen molar-refractivity contribution < 1.29 is 17.9 Å². The summed E-state index contributed by atoms with van der Waals surface area (Å²) in [5.74, 6) is -0.425. The lowest BCUT2D eigenvalue weighted by molar-refractivity contribution is -0.120. The molecule has 2 unspecified atom stereocenters. The van der Waals surface area contributed by atoms with Crippen molar-refractivity contribution in [2.45, 2.75) is 51.8 Å². The number of hydrogen-bond donors (Lipinski definition) is 3. The van der Waals surface area contributed by atoms with E-state index in [2.05, 4.69) is 22.3 Å². The van der Waals surface area contributed by atoms with Crippen LogP contribution >= 0.6 is 0 Å². The molecule has 0 aromatic carbocycles. The predicted octanol–water partition coefficient (Wildman–Crippen LogP) is -0.412. The fourth-order valence-electron chi connectivity index (χ4n) is 2.18. The molecular formula is C13H27N3O4S.